The Hall–Kier alpha value is -0.540. The second-order valence-electron chi connectivity index (χ2n) is 5.89. The maximum Gasteiger partial charge on any atom is 0.0823 e. The zero-order chi connectivity index (χ0) is 13.8. The molecule has 0 aliphatic heterocycles. The van der Waals surface area contributed by atoms with Crippen molar-refractivity contribution in [2.45, 2.75) is 53.0 Å². The van der Waals surface area contributed by atoms with Crippen LogP contribution in [0.3, 0.4) is 0 Å². The Labute approximate surface area is 116 Å². The fourth-order valence-electron chi connectivity index (χ4n) is 2.18. The lowest BCUT2D eigenvalue weighted by molar-refractivity contribution is 0.408. The minimum atomic E-state index is 0.0492. The monoisotopic (exact) mass is 271 g/mol. The molecule has 0 bridgehead atoms. The van der Waals surface area contributed by atoms with Crippen LogP contribution >= 0.6 is 11.6 Å². The van der Waals surface area contributed by atoms with Crippen molar-refractivity contribution in [2.24, 2.45) is 5.92 Å². The van der Waals surface area contributed by atoms with Gasteiger partial charge in [-0.2, -0.15) is 5.10 Å². The molecule has 0 aliphatic carbocycles. The van der Waals surface area contributed by atoms with E-state index < -0.39 is 0 Å². The quantitative estimate of drug-likeness (QED) is 0.770. The maximum absolute atomic E-state index is 6.27. The van der Waals surface area contributed by atoms with Crippen LogP contribution in [-0.2, 0) is 12.0 Å². The van der Waals surface area contributed by atoms with E-state index in [0.717, 1.165) is 36.8 Å². The van der Waals surface area contributed by atoms with Crippen LogP contribution in [0, 0.1) is 5.92 Å². The van der Waals surface area contributed by atoms with Gasteiger partial charge < -0.3 is 5.32 Å². The van der Waals surface area contributed by atoms with E-state index in [9.17, 15) is 0 Å². The Morgan fingerprint density at radius 2 is 2.11 bits per heavy atom. The number of rotatable bonds is 7. The van der Waals surface area contributed by atoms with Gasteiger partial charge in [0.1, 0.15) is 0 Å². The summed E-state index contributed by atoms with van der Waals surface area (Å²) >= 11 is 6.27. The van der Waals surface area contributed by atoms with Crippen LogP contribution in [0.2, 0.25) is 5.02 Å². The highest BCUT2D eigenvalue weighted by Gasteiger charge is 2.27. The van der Waals surface area contributed by atoms with Crippen molar-refractivity contribution in [3.63, 3.8) is 0 Å². The van der Waals surface area contributed by atoms with Crippen molar-refractivity contribution >= 4 is 11.6 Å². The summed E-state index contributed by atoms with van der Waals surface area (Å²) in [6.45, 7) is 14.0. The van der Waals surface area contributed by atoms with Crippen molar-refractivity contribution in [1.29, 1.82) is 0 Å². The van der Waals surface area contributed by atoms with Gasteiger partial charge in [-0.05, 0) is 32.4 Å². The molecular formula is C14H26ClN3. The molecule has 1 rings (SSSR count). The standard InChI is InChI=1S/C14H26ClN3/c1-6-18-13(12(15)10-17-18)14(4,5)7-8-16-9-11(2)3/h10-11,16H,6-9H2,1-5H3. The summed E-state index contributed by atoms with van der Waals surface area (Å²) in [6.07, 6.45) is 2.81. The third-order valence-electron chi connectivity index (χ3n) is 3.21. The largest absolute Gasteiger partial charge is 0.316 e. The van der Waals surface area contributed by atoms with Gasteiger partial charge in [-0.15, -0.1) is 0 Å². The zero-order valence-corrected chi connectivity index (χ0v) is 13.0. The van der Waals surface area contributed by atoms with Gasteiger partial charge in [0, 0.05) is 12.0 Å². The van der Waals surface area contributed by atoms with Crippen LogP contribution in [0.5, 0.6) is 0 Å². The summed E-state index contributed by atoms with van der Waals surface area (Å²) in [5.74, 6) is 0.692. The number of nitrogens with one attached hydrogen (secondary N) is 1. The highest BCUT2D eigenvalue weighted by Crippen LogP contribution is 2.32. The molecule has 0 atom stereocenters. The van der Waals surface area contributed by atoms with E-state index in [1.165, 1.54) is 0 Å². The molecule has 1 aromatic heterocycles. The van der Waals surface area contributed by atoms with Crippen LogP contribution in [0.1, 0.15) is 46.7 Å². The summed E-state index contributed by atoms with van der Waals surface area (Å²) in [6, 6.07) is 0. The smallest absolute Gasteiger partial charge is 0.0823 e. The predicted molar refractivity (Wildman–Crippen MR) is 78.3 cm³/mol. The van der Waals surface area contributed by atoms with Crippen LogP contribution in [0.15, 0.2) is 6.20 Å². The number of nitrogens with zero attached hydrogens (tertiary/aromatic N) is 2. The van der Waals surface area contributed by atoms with E-state index >= 15 is 0 Å². The molecule has 1 heterocycles. The summed E-state index contributed by atoms with van der Waals surface area (Å²) in [4.78, 5) is 0. The first kappa shape index (κ1) is 15.5. The summed E-state index contributed by atoms with van der Waals surface area (Å²) in [7, 11) is 0. The molecule has 0 saturated carbocycles. The Bertz CT molecular complexity index is 369. The van der Waals surface area contributed by atoms with Gasteiger partial charge in [0.2, 0.25) is 0 Å². The molecule has 0 unspecified atom stereocenters. The van der Waals surface area contributed by atoms with Crippen molar-refractivity contribution in [1.82, 2.24) is 15.1 Å². The molecule has 0 spiro atoms. The summed E-state index contributed by atoms with van der Waals surface area (Å²) in [5, 5.41) is 8.59. The van der Waals surface area contributed by atoms with Crippen molar-refractivity contribution in [3.05, 3.63) is 16.9 Å². The van der Waals surface area contributed by atoms with E-state index in [1.54, 1.807) is 6.20 Å². The minimum Gasteiger partial charge on any atom is -0.316 e. The lowest BCUT2D eigenvalue weighted by Gasteiger charge is -2.26. The van der Waals surface area contributed by atoms with E-state index in [1.807, 2.05) is 4.68 Å². The maximum atomic E-state index is 6.27. The van der Waals surface area contributed by atoms with E-state index in [-0.39, 0.29) is 5.41 Å². The number of halogens is 1. The first-order valence-electron chi connectivity index (χ1n) is 6.81. The molecular weight excluding hydrogens is 246 g/mol. The van der Waals surface area contributed by atoms with Gasteiger partial charge >= 0.3 is 0 Å². The third kappa shape index (κ3) is 3.99. The van der Waals surface area contributed by atoms with E-state index in [0.29, 0.717) is 5.92 Å². The van der Waals surface area contributed by atoms with Gasteiger partial charge in [0.25, 0.3) is 0 Å². The van der Waals surface area contributed by atoms with Crippen LogP contribution in [0.4, 0.5) is 0 Å². The highest BCUT2D eigenvalue weighted by atomic mass is 35.5. The topological polar surface area (TPSA) is 29.9 Å². The molecule has 0 saturated heterocycles. The van der Waals surface area contributed by atoms with Gasteiger partial charge in [-0.25, -0.2) is 0 Å². The Morgan fingerprint density at radius 3 is 2.67 bits per heavy atom. The normalized spacial score (nSPS) is 12.4. The summed E-state index contributed by atoms with van der Waals surface area (Å²) in [5.41, 5.74) is 1.20. The van der Waals surface area contributed by atoms with E-state index in [4.69, 9.17) is 11.6 Å². The highest BCUT2D eigenvalue weighted by molar-refractivity contribution is 6.31. The SMILES string of the molecule is CCn1ncc(Cl)c1C(C)(C)CCNCC(C)C. The second kappa shape index (κ2) is 6.58. The molecule has 18 heavy (non-hydrogen) atoms. The van der Waals surface area contributed by atoms with Crippen LogP contribution in [0.25, 0.3) is 0 Å². The average molecular weight is 272 g/mol. The fourth-order valence-corrected chi connectivity index (χ4v) is 2.58. The molecule has 0 radical (unpaired) electrons. The second-order valence-corrected chi connectivity index (χ2v) is 6.30. The van der Waals surface area contributed by atoms with Crippen molar-refractivity contribution in [2.75, 3.05) is 13.1 Å². The molecule has 1 aromatic rings. The molecule has 104 valence electrons. The van der Waals surface area contributed by atoms with E-state index in [2.05, 4.69) is 45.0 Å². The molecule has 4 heteroatoms. The Morgan fingerprint density at radius 1 is 1.44 bits per heavy atom. The van der Waals surface area contributed by atoms with Crippen LogP contribution < -0.4 is 5.32 Å². The average Bonchev–Trinajstić information content (AvgIpc) is 2.66. The molecule has 0 fully saturated rings. The van der Waals surface area contributed by atoms with Crippen molar-refractivity contribution < 1.29 is 0 Å². The van der Waals surface area contributed by atoms with Crippen LogP contribution in [-0.4, -0.2) is 22.9 Å². The first-order chi connectivity index (χ1) is 8.38. The number of aryl methyl sites for hydroxylation is 1. The van der Waals surface area contributed by atoms with Gasteiger partial charge in [0.15, 0.2) is 0 Å². The number of aromatic nitrogens is 2. The minimum absolute atomic E-state index is 0.0492. The van der Waals surface area contributed by atoms with Gasteiger partial charge in [-0.1, -0.05) is 39.3 Å². The fraction of sp³-hybridized carbons (Fsp3) is 0.786. The molecule has 0 aliphatic rings. The Balaban J connectivity index is 2.64. The molecule has 1 N–H and O–H groups in total. The Kier molecular flexibility index (Phi) is 5.67. The summed E-state index contributed by atoms with van der Waals surface area (Å²) < 4.78 is 2.00. The lowest BCUT2D eigenvalue weighted by Crippen LogP contribution is -2.29. The third-order valence-corrected chi connectivity index (χ3v) is 3.49. The molecule has 0 amide bonds. The number of hydrogen-bond acceptors (Lipinski definition) is 2. The zero-order valence-electron chi connectivity index (χ0n) is 12.3. The predicted octanol–water partition coefficient (Wildman–Crippen LogP) is 3.47. The first-order valence-corrected chi connectivity index (χ1v) is 7.18. The van der Waals surface area contributed by atoms with Crippen molar-refractivity contribution in [3.8, 4) is 0 Å². The van der Waals surface area contributed by atoms with Gasteiger partial charge in [-0.3, -0.25) is 4.68 Å². The lowest BCUT2D eigenvalue weighted by atomic mass is 9.85. The number of hydrogen-bond donors (Lipinski definition) is 1. The molecule has 3 nitrogen and oxygen atoms in total. The molecule has 0 aromatic carbocycles. The van der Waals surface area contributed by atoms with Gasteiger partial charge in [0.05, 0.1) is 16.9 Å².